The molecule has 0 saturated heterocycles. The summed E-state index contributed by atoms with van der Waals surface area (Å²) in [5.74, 6) is 1.64. The van der Waals surface area contributed by atoms with E-state index in [0.29, 0.717) is 19.3 Å². The lowest BCUT2D eigenvalue weighted by Gasteiger charge is -2.27. The van der Waals surface area contributed by atoms with E-state index < -0.39 is 0 Å². The highest BCUT2D eigenvalue weighted by molar-refractivity contribution is 5.48. The quantitative estimate of drug-likeness (QED) is 0.671. The van der Waals surface area contributed by atoms with Gasteiger partial charge in [-0.2, -0.15) is 0 Å². The normalized spacial score (nSPS) is 17.6. The van der Waals surface area contributed by atoms with E-state index in [1.807, 2.05) is 30.3 Å². The summed E-state index contributed by atoms with van der Waals surface area (Å²) in [6.07, 6.45) is 8.97. The van der Waals surface area contributed by atoms with Crippen molar-refractivity contribution in [2.75, 3.05) is 13.2 Å². The molecule has 0 aromatic heterocycles. The van der Waals surface area contributed by atoms with Gasteiger partial charge in [0.25, 0.3) is 0 Å². The van der Waals surface area contributed by atoms with E-state index in [1.165, 1.54) is 32.1 Å². The first kappa shape index (κ1) is 15.1. The van der Waals surface area contributed by atoms with E-state index in [4.69, 9.17) is 9.47 Å². The van der Waals surface area contributed by atoms with Crippen LogP contribution < -0.4 is 4.74 Å². The maximum Gasteiger partial charge on any atom is 0.119 e. The van der Waals surface area contributed by atoms with Gasteiger partial charge >= 0.3 is 0 Å². The molecule has 2 rings (SSSR count). The number of hydrogen-bond acceptors (Lipinski definition) is 2. The maximum atomic E-state index is 5.91. The lowest BCUT2D eigenvalue weighted by molar-refractivity contribution is -0.000392. The van der Waals surface area contributed by atoms with Crippen LogP contribution in [0.4, 0.5) is 0 Å². The molecule has 0 heterocycles. The van der Waals surface area contributed by atoms with Crippen LogP contribution in [0.2, 0.25) is 0 Å². The number of benzene rings is 1. The Bertz CT molecular complexity index is 390. The van der Waals surface area contributed by atoms with Crippen molar-refractivity contribution < 1.29 is 9.47 Å². The van der Waals surface area contributed by atoms with Crippen molar-refractivity contribution in [2.24, 2.45) is 5.92 Å². The predicted octanol–water partition coefficient (Wildman–Crippen LogP) is 4.69. The predicted molar refractivity (Wildman–Crippen MR) is 84.0 cm³/mol. The topological polar surface area (TPSA) is 18.5 Å². The lowest BCUT2D eigenvalue weighted by atomic mass is 9.86. The van der Waals surface area contributed by atoms with Crippen molar-refractivity contribution in [3.8, 4) is 5.75 Å². The molecular formula is C18H26O2. The molecule has 2 nitrogen and oxygen atoms in total. The molecule has 1 unspecified atom stereocenters. The largest absolute Gasteiger partial charge is 0.491 e. The van der Waals surface area contributed by atoms with Gasteiger partial charge < -0.3 is 9.47 Å². The summed E-state index contributed by atoms with van der Waals surface area (Å²) in [5.41, 5.74) is 1.11. The highest BCUT2D eigenvalue weighted by Gasteiger charge is 2.20. The molecule has 20 heavy (non-hydrogen) atoms. The molecule has 1 aliphatic carbocycles. The summed E-state index contributed by atoms with van der Waals surface area (Å²) < 4.78 is 11.6. The zero-order valence-corrected chi connectivity index (χ0v) is 12.5. The molecule has 1 saturated carbocycles. The van der Waals surface area contributed by atoms with Crippen LogP contribution in [0.3, 0.4) is 0 Å². The molecule has 0 amide bonds. The van der Waals surface area contributed by atoms with Crippen LogP contribution in [-0.4, -0.2) is 19.3 Å². The van der Waals surface area contributed by atoms with Crippen molar-refractivity contribution in [1.29, 1.82) is 0 Å². The van der Waals surface area contributed by atoms with Crippen LogP contribution in [0.15, 0.2) is 30.8 Å². The zero-order valence-electron chi connectivity index (χ0n) is 12.5. The van der Waals surface area contributed by atoms with E-state index in [0.717, 1.165) is 17.2 Å². The van der Waals surface area contributed by atoms with Gasteiger partial charge in [-0.25, -0.2) is 0 Å². The minimum atomic E-state index is 0.363. The summed E-state index contributed by atoms with van der Waals surface area (Å²) in [4.78, 5) is 0. The standard InChI is InChI=1S/C18H26O2/c1-3-16-9-11-18(12-10-16)20-14-13-19-15(2)17-7-5-4-6-8-17/h3,9-12,15,17H,1,4-8,13-14H2,2H3. The third-order valence-electron chi connectivity index (χ3n) is 4.16. The van der Waals surface area contributed by atoms with Gasteiger partial charge in [-0.15, -0.1) is 0 Å². The zero-order chi connectivity index (χ0) is 14.2. The van der Waals surface area contributed by atoms with E-state index in [1.54, 1.807) is 0 Å². The molecule has 1 aliphatic rings. The Balaban J connectivity index is 1.63. The molecule has 0 spiro atoms. The van der Waals surface area contributed by atoms with Gasteiger partial charge in [0.2, 0.25) is 0 Å². The number of ether oxygens (including phenoxy) is 2. The van der Waals surface area contributed by atoms with Gasteiger partial charge in [0, 0.05) is 0 Å². The van der Waals surface area contributed by atoms with E-state index in [2.05, 4.69) is 13.5 Å². The molecule has 0 bridgehead atoms. The Morgan fingerprint density at radius 2 is 1.85 bits per heavy atom. The van der Waals surface area contributed by atoms with Crippen LogP contribution >= 0.6 is 0 Å². The smallest absolute Gasteiger partial charge is 0.119 e. The molecule has 2 heteroatoms. The summed E-state index contributed by atoms with van der Waals surface area (Å²) in [7, 11) is 0. The molecule has 0 radical (unpaired) electrons. The fourth-order valence-electron chi connectivity index (χ4n) is 2.83. The fourth-order valence-corrected chi connectivity index (χ4v) is 2.83. The average molecular weight is 274 g/mol. The van der Waals surface area contributed by atoms with Gasteiger partial charge in [0.05, 0.1) is 12.7 Å². The Kier molecular flexibility index (Phi) is 6.13. The van der Waals surface area contributed by atoms with Gasteiger partial charge in [0.15, 0.2) is 0 Å². The number of hydrogen-bond donors (Lipinski definition) is 0. The summed E-state index contributed by atoms with van der Waals surface area (Å²) >= 11 is 0. The van der Waals surface area contributed by atoms with Crippen molar-refractivity contribution >= 4 is 6.08 Å². The highest BCUT2D eigenvalue weighted by Crippen LogP contribution is 2.27. The molecule has 1 fully saturated rings. The summed E-state index contributed by atoms with van der Waals surface area (Å²) in [6, 6.07) is 7.96. The van der Waals surface area contributed by atoms with Gasteiger partial charge in [-0.1, -0.05) is 44.1 Å². The Labute approximate surface area is 122 Å². The van der Waals surface area contributed by atoms with E-state index >= 15 is 0 Å². The SMILES string of the molecule is C=Cc1ccc(OCCOC(C)C2CCCCC2)cc1. The third-order valence-corrected chi connectivity index (χ3v) is 4.16. The minimum Gasteiger partial charge on any atom is -0.491 e. The molecule has 110 valence electrons. The highest BCUT2D eigenvalue weighted by atomic mass is 16.5. The van der Waals surface area contributed by atoms with Gasteiger partial charge in [-0.3, -0.25) is 0 Å². The first-order chi connectivity index (χ1) is 9.79. The Morgan fingerprint density at radius 3 is 2.50 bits per heavy atom. The molecular weight excluding hydrogens is 248 g/mol. The monoisotopic (exact) mass is 274 g/mol. The summed E-state index contributed by atoms with van der Waals surface area (Å²) in [6.45, 7) is 7.23. The van der Waals surface area contributed by atoms with Crippen molar-refractivity contribution in [2.45, 2.75) is 45.1 Å². The van der Waals surface area contributed by atoms with Crippen LogP contribution in [0.5, 0.6) is 5.75 Å². The molecule has 1 aromatic rings. The Hall–Kier alpha value is -1.28. The lowest BCUT2D eigenvalue weighted by Crippen LogP contribution is -2.25. The van der Waals surface area contributed by atoms with Crippen molar-refractivity contribution in [1.82, 2.24) is 0 Å². The van der Waals surface area contributed by atoms with E-state index in [9.17, 15) is 0 Å². The number of rotatable bonds is 7. The average Bonchev–Trinajstić information content (AvgIpc) is 2.53. The second kappa shape index (κ2) is 8.11. The first-order valence-electron chi connectivity index (χ1n) is 7.76. The minimum absolute atomic E-state index is 0.363. The Morgan fingerprint density at radius 1 is 1.15 bits per heavy atom. The van der Waals surface area contributed by atoms with Crippen LogP contribution in [-0.2, 0) is 4.74 Å². The van der Waals surface area contributed by atoms with E-state index in [-0.39, 0.29) is 0 Å². The van der Waals surface area contributed by atoms with Gasteiger partial charge in [0.1, 0.15) is 12.4 Å². The van der Waals surface area contributed by atoms with Gasteiger partial charge in [-0.05, 0) is 43.4 Å². The summed E-state index contributed by atoms with van der Waals surface area (Å²) in [5, 5.41) is 0. The maximum absolute atomic E-state index is 5.91. The first-order valence-corrected chi connectivity index (χ1v) is 7.76. The molecule has 1 atom stereocenters. The molecule has 0 aliphatic heterocycles. The molecule has 0 N–H and O–H groups in total. The van der Waals surface area contributed by atoms with Crippen LogP contribution in [0.25, 0.3) is 6.08 Å². The third kappa shape index (κ3) is 4.68. The van der Waals surface area contributed by atoms with Crippen LogP contribution in [0.1, 0.15) is 44.6 Å². The van der Waals surface area contributed by atoms with Crippen molar-refractivity contribution in [3.63, 3.8) is 0 Å². The second-order valence-electron chi connectivity index (χ2n) is 5.60. The molecule has 1 aromatic carbocycles. The second-order valence-corrected chi connectivity index (χ2v) is 5.60. The fraction of sp³-hybridized carbons (Fsp3) is 0.556. The van der Waals surface area contributed by atoms with Crippen molar-refractivity contribution in [3.05, 3.63) is 36.4 Å². The van der Waals surface area contributed by atoms with Crippen LogP contribution in [0, 0.1) is 5.92 Å².